The van der Waals surface area contributed by atoms with E-state index in [1.54, 1.807) is 0 Å². The van der Waals surface area contributed by atoms with Gasteiger partial charge >= 0.3 is 5.97 Å². The number of aryl methyl sites for hydroxylation is 3. The third kappa shape index (κ3) is 21.8. The molecule has 0 unspecified atom stereocenters. The van der Waals surface area contributed by atoms with Crippen molar-refractivity contribution in [2.24, 2.45) is 49.4 Å². The fourth-order valence-electron chi connectivity index (χ4n) is 3.71. The Morgan fingerprint density at radius 1 is 0.694 bits per heavy atom. The minimum absolute atomic E-state index is 0.0107. The fourth-order valence-corrected chi connectivity index (χ4v) is 5.93. The number of ether oxygens (including phenoxy) is 1. The lowest BCUT2D eigenvalue weighted by molar-refractivity contribution is -0.140. The summed E-state index contributed by atoms with van der Waals surface area (Å²) < 4.78 is 4.55. The summed E-state index contributed by atoms with van der Waals surface area (Å²) in [4.78, 5) is 46.3. The molecule has 0 aliphatic heterocycles. The van der Waals surface area contributed by atoms with E-state index in [4.69, 9.17) is 39.7 Å². The Bertz CT molecular complexity index is 1450. The van der Waals surface area contributed by atoms with Crippen LogP contribution in [-0.2, 0) is 33.6 Å². The fraction of sp³-hybridized carbons (Fsp3) is 0.500. The first-order valence-electron chi connectivity index (χ1n) is 15.5. The van der Waals surface area contributed by atoms with Crippen LogP contribution in [0, 0.1) is 11.3 Å². The molecule has 0 spiro atoms. The Hall–Kier alpha value is -4.67. The third-order valence-electron chi connectivity index (χ3n) is 6.09. The molecule has 0 saturated heterocycles. The van der Waals surface area contributed by atoms with E-state index in [1.165, 1.54) is 41.1 Å². The van der Waals surface area contributed by atoms with E-state index >= 15 is 0 Å². The van der Waals surface area contributed by atoms with Gasteiger partial charge in [-0.15, -0.1) is 34.0 Å². The summed E-state index contributed by atoms with van der Waals surface area (Å²) in [5.74, 6) is 0.213. The topological polar surface area (TPSA) is 299 Å². The van der Waals surface area contributed by atoms with Gasteiger partial charge in [0.25, 0.3) is 0 Å². The predicted molar refractivity (Wildman–Crippen MR) is 198 cm³/mol. The molecule has 3 heterocycles. The maximum atomic E-state index is 11.1. The average Bonchev–Trinajstić information content (AvgIpc) is 3.81. The number of nitriles is 1. The first-order valence-corrected chi connectivity index (χ1v) is 18.2. The molecule has 0 aliphatic rings. The number of carbonyl (C=O) groups excluding carboxylic acids is 2. The van der Waals surface area contributed by atoms with E-state index in [2.05, 4.69) is 40.7 Å². The molecule has 19 heteroatoms. The second-order valence-electron chi connectivity index (χ2n) is 10.2. The lowest BCUT2D eigenvalue weighted by Crippen LogP contribution is -2.21. The molecule has 0 bridgehead atoms. The van der Waals surface area contributed by atoms with Crippen LogP contribution in [0.25, 0.3) is 0 Å². The van der Waals surface area contributed by atoms with E-state index in [0.717, 1.165) is 74.9 Å². The molecule has 0 fully saturated rings. The Kier molecular flexibility index (Phi) is 21.9. The van der Waals surface area contributed by atoms with Gasteiger partial charge in [-0.05, 0) is 57.8 Å². The van der Waals surface area contributed by atoms with Crippen molar-refractivity contribution < 1.29 is 14.3 Å². The van der Waals surface area contributed by atoms with E-state index in [1.807, 2.05) is 23.1 Å². The number of aromatic nitrogens is 3. The number of unbranched alkanes of at least 4 members (excludes halogenated alkanes) is 4. The van der Waals surface area contributed by atoms with Crippen molar-refractivity contribution in [2.75, 3.05) is 7.11 Å². The SMILES string of the molecule is CCC(=O)CCCCc1csc(N=C(N)N)n1.COC(=O)CCCCc1csc(N=C(N)N)n1.N#CCCCCc1csc(N=C(N)N)n1. The van der Waals surface area contributed by atoms with Crippen LogP contribution in [-0.4, -0.2) is 51.7 Å². The summed E-state index contributed by atoms with van der Waals surface area (Å²) in [6.07, 6.45) is 10.4. The van der Waals surface area contributed by atoms with Crippen molar-refractivity contribution in [1.29, 1.82) is 5.26 Å². The smallest absolute Gasteiger partial charge is 0.305 e. The summed E-state index contributed by atoms with van der Waals surface area (Å²) >= 11 is 4.24. The van der Waals surface area contributed by atoms with Gasteiger partial charge in [0.15, 0.2) is 17.9 Å². The van der Waals surface area contributed by atoms with E-state index < -0.39 is 0 Å². The molecule has 268 valence electrons. The van der Waals surface area contributed by atoms with Gasteiger partial charge in [0.05, 0.1) is 30.3 Å². The van der Waals surface area contributed by atoms with Gasteiger partial charge in [-0.2, -0.15) is 20.2 Å². The molecule has 3 aromatic rings. The largest absolute Gasteiger partial charge is 0.469 e. The molecule has 3 rings (SSSR count). The normalized spacial score (nSPS) is 9.90. The lowest BCUT2D eigenvalue weighted by atomic mass is 10.1. The molecule has 0 saturated carbocycles. The number of hydrogen-bond acceptors (Lipinski definition) is 13. The molecule has 0 aromatic carbocycles. The molecule has 49 heavy (non-hydrogen) atoms. The minimum atomic E-state index is -0.176. The van der Waals surface area contributed by atoms with Gasteiger partial charge in [-0.3, -0.25) is 9.59 Å². The zero-order valence-corrected chi connectivity index (χ0v) is 30.4. The van der Waals surface area contributed by atoms with Crippen LogP contribution >= 0.6 is 34.0 Å². The third-order valence-corrected chi connectivity index (χ3v) is 8.44. The maximum absolute atomic E-state index is 11.1. The molecule has 0 radical (unpaired) electrons. The highest BCUT2D eigenvalue weighted by Crippen LogP contribution is 2.21. The Balaban J connectivity index is 0.000000368. The van der Waals surface area contributed by atoms with Crippen LogP contribution in [0.5, 0.6) is 0 Å². The molecular weight excluding hydrogens is 687 g/mol. The van der Waals surface area contributed by atoms with Crippen LogP contribution in [0.3, 0.4) is 0 Å². The van der Waals surface area contributed by atoms with E-state index in [9.17, 15) is 9.59 Å². The number of nitrogens with two attached hydrogens (primary N) is 6. The quantitative estimate of drug-likeness (QED) is 0.0467. The van der Waals surface area contributed by atoms with Gasteiger partial charge in [0, 0.05) is 41.8 Å². The zero-order chi connectivity index (χ0) is 36.4. The maximum Gasteiger partial charge on any atom is 0.305 e. The van der Waals surface area contributed by atoms with Gasteiger partial charge in [0.1, 0.15) is 5.78 Å². The number of carbonyl (C=O) groups is 2. The zero-order valence-electron chi connectivity index (χ0n) is 28.0. The van der Waals surface area contributed by atoms with Gasteiger partial charge in [-0.25, -0.2) is 15.0 Å². The van der Waals surface area contributed by atoms with Crippen molar-refractivity contribution >= 4 is 79.0 Å². The van der Waals surface area contributed by atoms with Crippen LogP contribution in [0.1, 0.15) is 88.2 Å². The molecule has 16 nitrogen and oxygen atoms in total. The predicted octanol–water partition coefficient (Wildman–Crippen LogP) is 3.96. The van der Waals surface area contributed by atoms with Crippen molar-refractivity contribution in [1.82, 2.24) is 15.0 Å². The Labute approximate surface area is 298 Å². The second kappa shape index (κ2) is 25.4. The number of guanidine groups is 3. The second-order valence-corrected chi connectivity index (χ2v) is 12.7. The summed E-state index contributed by atoms with van der Waals surface area (Å²) in [5, 5.41) is 15.9. The first kappa shape index (κ1) is 42.4. The molecule has 0 atom stereocenters. The number of methoxy groups -OCH3 is 1. The summed E-state index contributed by atoms with van der Waals surface area (Å²) in [5.41, 5.74) is 34.4. The number of nitrogens with zero attached hydrogens (tertiary/aromatic N) is 7. The highest BCUT2D eigenvalue weighted by molar-refractivity contribution is 7.14. The number of ketones is 1. The number of Topliss-reactive ketones (excluding diaryl/α,β-unsaturated/α-hetero) is 1. The van der Waals surface area contributed by atoms with Crippen molar-refractivity contribution in [3.63, 3.8) is 0 Å². The molecule has 3 aromatic heterocycles. The summed E-state index contributed by atoms with van der Waals surface area (Å²) in [6, 6.07) is 2.11. The van der Waals surface area contributed by atoms with Crippen LogP contribution < -0.4 is 34.4 Å². The number of aliphatic imine (C=N–C) groups is 3. The van der Waals surface area contributed by atoms with Crippen LogP contribution in [0.15, 0.2) is 31.1 Å². The molecule has 0 aliphatic carbocycles. The average molecular weight is 734 g/mol. The highest BCUT2D eigenvalue weighted by atomic mass is 32.1. The van der Waals surface area contributed by atoms with Gasteiger partial charge < -0.3 is 39.1 Å². The van der Waals surface area contributed by atoms with Crippen LogP contribution in [0.4, 0.5) is 15.4 Å². The number of rotatable bonds is 18. The van der Waals surface area contributed by atoms with Crippen molar-refractivity contribution in [2.45, 2.75) is 90.4 Å². The summed E-state index contributed by atoms with van der Waals surface area (Å²) in [7, 11) is 1.39. The summed E-state index contributed by atoms with van der Waals surface area (Å²) in [6.45, 7) is 1.89. The Morgan fingerprint density at radius 2 is 1.08 bits per heavy atom. The number of esters is 1. The number of thiazole rings is 3. The first-order chi connectivity index (χ1) is 23.4. The van der Waals surface area contributed by atoms with E-state index in [-0.39, 0.29) is 23.8 Å². The molecule has 0 amide bonds. The van der Waals surface area contributed by atoms with Gasteiger partial charge in [-0.1, -0.05) is 6.92 Å². The highest BCUT2D eigenvalue weighted by Gasteiger charge is 2.05. The van der Waals surface area contributed by atoms with Crippen molar-refractivity contribution in [3.8, 4) is 6.07 Å². The number of hydrogen-bond donors (Lipinski definition) is 6. The standard InChI is InChI=1S/C11H18N4OS.C10H16N4O2S.C9H13N5S/c1-2-9(16)6-4-3-5-8-7-17-11(14-8)15-10(12)13;1-16-8(15)5-3-2-4-7-6-17-10(13-7)14-9(11)12;10-5-3-1-2-4-7-6-15-9(13-7)14-8(11)12/h7H,2-6H2,1H3,(H4,12,13,14,15);6H,2-5H2,1H3,(H4,11,12,13,14);6H,1-4H2,(H4,11,12,13,14). The lowest BCUT2D eigenvalue weighted by Gasteiger charge is -1.98. The van der Waals surface area contributed by atoms with Gasteiger partial charge in [0.2, 0.25) is 15.4 Å². The van der Waals surface area contributed by atoms with Crippen molar-refractivity contribution in [3.05, 3.63) is 33.2 Å². The monoisotopic (exact) mass is 733 g/mol. The minimum Gasteiger partial charge on any atom is -0.469 e. The molecular formula is C30H47N13O3S3. The Morgan fingerprint density at radius 3 is 1.43 bits per heavy atom. The van der Waals surface area contributed by atoms with Crippen LogP contribution in [0.2, 0.25) is 0 Å². The molecule has 12 N–H and O–H groups in total. The van der Waals surface area contributed by atoms with E-state index in [0.29, 0.717) is 46.9 Å².